The van der Waals surface area contributed by atoms with Gasteiger partial charge in [0.2, 0.25) is 0 Å². The van der Waals surface area contributed by atoms with Gasteiger partial charge in [-0.15, -0.1) is 23.5 Å². The first-order chi connectivity index (χ1) is 15.4. The Hall–Kier alpha value is -0.0231. The number of hydrogen-bond acceptors (Lipinski definition) is 6. The molecule has 1 saturated heterocycles. The second-order valence-electron chi connectivity index (χ2n) is 10.9. The van der Waals surface area contributed by atoms with E-state index in [-0.39, 0.29) is 27.2 Å². The lowest BCUT2D eigenvalue weighted by Gasteiger charge is -2.44. The van der Waals surface area contributed by atoms with E-state index in [4.69, 9.17) is 13.9 Å². The van der Waals surface area contributed by atoms with Crippen LogP contribution in [-0.2, 0) is 20.5 Å². The second-order valence-corrected chi connectivity index (χ2v) is 19.0. The summed E-state index contributed by atoms with van der Waals surface area (Å²) in [5.41, 5.74) is 1.16. The molecule has 0 unspecified atom stereocenters. The predicted molar refractivity (Wildman–Crippen MR) is 147 cm³/mol. The van der Waals surface area contributed by atoms with Crippen LogP contribution in [-0.4, -0.2) is 61.0 Å². The summed E-state index contributed by atoms with van der Waals surface area (Å²) >= 11 is 3.78. The summed E-state index contributed by atoms with van der Waals surface area (Å²) in [7, 11) is -0.284. The molecule has 1 aliphatic heterocycles. The van der Waals surface area contributed by atoms with Crippen molar-refractivity contribution in [2.75, 3.05) is 25.2 Å². The van der Waals surface area contributed by atoms with E-state index in [9.17, 15) is 5.11 Å². The lowest BCUT2D eigenvalue weighted by molar-refractivity contribution is -0.0626. The van der Waals surface area contributed by atoms with E-state index in [0.29, 0.717) is 19.6 Å². The summed E-state index contributed by atoms with van der Waals surface area (Å²) in [6.07, 6.45) is 1.19. The van der Waals surface area contributed by atoms with Gasteiger partial charge >= 0.3 is 0 Å². The van der Waals surface area contributed by atoms with E-state index in [1.54, 1.807) is 7.11 Å². The Balaban J connectivity index is 2.13. The zero-order chi connectivity index (χ0) is 24.7. The van der Waals surface area contributed by atoms with Gasteiger partial charge in [-0.1, -0.05) is 58.0 Å². The third-order valence-electron chi connectivity index (χ3n) is 7.25. The lowest BCUT2D eigenvalue weighted by Crippen LogP contribution is -2.50. The quantitative estimate of drug-likeness (QED) is 0.318. The first-order valence-corrected chi connectivity index (χ1v) is 17.1. The number of aliphatic hydroxyl groups is 1. The number of rotatable bonds is 12. The van der Waals surface area contributed by atoms with Crippen molar-refractivity contribution >= 4 is 31.8 Å². The molecule has 2 rings (SSSR count). The van der Waals surface area contributed by atoms with Crippen molar-refractivity contribution in [1.29, 1.82) is 0 Å². The molecule has 1 aromatic carbocycles. The Bertz CT molecular complexity index is 689. The van der Waals surface area contributed by atoms with Gasteiger partial charge in [-0.05, 0) is 48.5 Å². The largest absolute Gasteiger partial charge is 0.413 e. The van der Waals surface area contributed by atoms with Gasteiger partial charge in [-0.25, -0.2) is 0 Å². The van der Waals surface area contributed by atoms with Gasteiger partial charge in [0, 0.05) is 19.4 Å². The van der Waals surface area contributed by atoms with Gasteiger partial charge in [0.15, 0.2) is 8.32 Å². The molecule has 7 heteroatoms. The SMILES string of the molecule is CO[C@@H](COCc1ccccc1)[C@@H](C)[C@H](C[C@@H](O)C1(C)SCCCS1)O[Si](C)(C)C(C)(C)C. The van der Waals surface area contributed by atoms with Crippen molar-refractivity contribution in [1.82, 2.24) is 0 Å². The van der Waals surface area contributed by atoms with E-state index < -0.39 is 14.4 Å². The van der Waals surface area contributed by atoms with Gasteiger partial charge in [0.25, 0.3) is 0 Å². The maximum absolute atomic E-state index is 11.4. The highest BCUT2D eigenvalue weighted by Gasteiger charge is 2.44. The summed E-state index contributed by atoms with van der Waals surface area (Å²) < 4.78 is 18.7. The molecule has 0 aliphatic carbocycles. The molecule has 1 aromatic rings. The van der Waals surface area contributed by atoms with Gasteiger partial charge in [0.1, 0.15) is 0 Å². The van der Waals surface area contributed by atoms with Crippen LogP contribution in [0.5, 0.6) is 0 Å². The molecular weight excluding hydrogens is 469 g/mol. The van der Waals surface area contributed by atoms with E-state index in [2.05, 4.69) is 59.8 Å². The lowest BCUT2D eigenvalue weighted by atomic mass is 9.93. The molecule has 0 bridgehead atoms. The highest BCUT2D eigenvalue weighted by atomic mass is 32.2. The van der Waals surface area contributed by atoms with Gasteiger partial charge in [0.05, 0.1) is 35.6 Å². The van der Waals surface area contributed by atoms with Crippen molar-refractivity contribution in [2.24, 2.45) is 5.92 Å². The number of benzene rings is 1. The summed E-state index contributed by atoms with van der Waals surface area (Å²) in [5, 5.41) is 11.5. The molecule has 0 aromatic heterocycles. The molecule has 190 valence electrons. The van der Waals surface area contributed by atoms with Crippen LogP contribution < -0.4 is 0 Å². The van der Waals surface area contributed by atoms with Crippen LogP contribution in [0.15, 0.2) is 30.3 Å². The fourth-order valence-corrected chi connectivity index (χ4v) is 8.15. The van der Waals surface area contributed by atoms with E-state index in [1.807, 2.05) is 41.7 Å². The maximum atomic E-state index is 11.4. The standard InChI is InChI=1S/C26H46O4S2Si/c1-20(23(28-6)19-29-18-21-13-10-9-11-14-21)22(30-33(7,8)25(2,3)4)17-24(27)26(5)31-15-12-16-32-26/h9-11,13-14,20,22-24,27H,12,15-19H2,1-8H3/t20-,22-,23-,24+/m0/s1. The molecular formula is C26H46O4S2Si. The molecule has 1 aliphatic rings. The molecule has 0 amide bonds. The molecule has 0 saturated carbocycles. The van der Waals surface area contributed by atoms with Gasteiger partial charge < -0.3 is 19.0 Å². The molecule has 0 radical (unpaired) electrons. The molecule has 4 nitrogen and oxygen atoms in total. The maximum Gasteiger partial charge on any atom is 0.192 e. The number of aliphatic hydroxyl groups excluding tert-OH is 1. The third kappa shape index (κ3) is 8.55. The number of hydrogen-bond donors (Lipinski definition) is 1. The number of ether oxygens (including phenoxy) is 2. The highest BCUT2D eigenvalue weighted by molar-refractivity contribution is 8.18. The highest BCUT2D eigenvalue weighted by Crippen LogP contribution is 2.47. The van der Waals surface area contributed by atoms with Gasteiger partial charge in [-0.2, -0.15) is 0 Å². The first-order valence-electron chi connectivity index (χ1n) is 12.2. The Morgan fingerprint density at radius 2 is 1.70 bits per heavy atom. The molecule has 33 heavy (non-hydrogen) atoms. The Morgan fingerprint density at radius 3 is 2.24 bits per heavy atom. The van der Waals surface area contributed by atoms with Crippen molar-refractivity contribution in [2.45, 2.75) is 94.6 Å². The average Bonchev–Trinajstić information content (AvgIpc) is 2.76. The monoisotopic (exact) mass is 514 g/mol. The van der Waals surface area contributed by atoms with Crippen LogP contribution in [0.2, 0.25) is 18.1 Å². The van der Waals surface area contributed by atoms with Crippen molar-refractivity contribution in [3.8, 4) is 0 Å². The van der Waals surface area contributed by atoms with Crippen LogP contribution in [0.3, 0.4) is 0 Å². The molecule has 0 spiro atoms. The molecule has 4 atom stereocenters. The van der Waals surface area contributed by atoms with Crippen LogP contribution in [0.25, 0.3) is 0 Å². The molecule has 1 N–H and O–H groups in total. The summed E-state index contributed by atoms with van der Waals surface area (Å²) in [6.45, 7) is 16.8. The van der Waals surface area contributed by atoms with Gasteiger partial charge in [-0.3, -0.25) is 0 Å². The Labute approximate surface area is 212 Å². The van der Waals surface area contributed by atoms with Crippen LogP contribution in [0.4, 0.5) is 0 Å². The summed E-state index contributed by atoms with van der Waals surface area (Å²) in [5.74, 6) is 2.31. The molecule has 1 heterocycles. The fraction of sp³-hybridized carbons (Fsp3) is 0.769. The third-order valence-corrected chi connectivity index (χ3v) is 15.1. The smallest absolute Gasteiger partial charge is 0.192 e. The number of methoxy groups -OCH3 is 1. The van der Waals surface area contributed by atoms with Crippen molar-refractivity contribution in [3.63, 3.8) is 0 Å². The predicted octanol–water partition coefficient (Wildman–Crippen LogP) is 6.58. The van der Waals surface area contributed by atoms with Crippen LogP contribution in [0.1, 0.15) is 53.0 Å². The summed E-state index contributed by atoms with van der Waals surface area (Å²) in [6, 6.07) is 10.2. The summed E-state index contributed by atoms with van der Waals surface area (Å²) in [4.78, 5) is 0. The fourth-order valence-electron chi connectivity index (χ4n) is 3.74. The zero-order valence-corrected chi connectivity index (χ0v) is 24.6. The Kier molecular flexibility index (Phi) is 11.3. The molecule has 1 fully saturated rings. The van der Waals surface area contributed by atoms with Crippen LogP contribution in [0, 0.1) is 5.92 Å². The van der Waals surface area contributed by atoms with E-state index >= 15 is 0 Å². The van der Waals surface area contributed by atoms with E-state index in [1.165, 1.54) is 6.42 Å². The minimum atomic E-state index is -2.04. The Morgan fingerprint density at radius 1 is 1.09 bits per heavy atom. The van der Waals surface area contributed by atoms with Crippen molar-refractivity contribution < 1.29 is 19.0 Å². The minimum Gasteiger partial charge on any atom is -0.413 e. The van der Waals surface area contributed by atoms with Crippen molar-refractivity contribution in [3.05, 3.63) is 35.9 Å². The second kappa shape index (κ2) is 12.8. The number of thioether (sulfide) groups is 2. The average molecular weight is 515 g/mol. The van der Waals surface area contributed by atoms with Crippen LogP contribution >= 0.6 is 23.5 Å². The first kappa shape index (κ1) is 29.2. The van der Waals surface area contributed by atoms with E-state index in [0.717, 1.165) is 17.1 Å². The normalized spacial score (nSPS) is 20.8. The zero-order valence-electron chi connectivity index (χ0n) is 21.9. The minimum absolute atomic E-state index is 0.0916. The topological polar surface area (TPSA) is 47.9 Å².